The number of carbonyl (C=O) groups is 1. The van der Waals surface area contributed by atoms with Crippen LogP contribution in [-0.2, 0) is 11.8 Å². The molecule has 0 bridgehead atoms. The first-order chi connectivity index (χ1) is 12.6. The maximum Gasteiger partial charge on any atom is 0.234 e. The van der Waals surface area contributed by atoms with Crippen molar-refractivity contribution in [3.05, 3.63) is 42.4 Å². The Balaban J connectivity index is 1.58. The zero-order valence-corrected chi connectivity index (χ0v) is 15.7. The molecule has 0 saturated carbocycles. The number of amides is 1. The van der Waals surface area contributed by atoms with Crippen LogP contribution in [0.5, 0.6) is 5.75 Å². The zero-order valence-electron chi connectivity index (χ0n) is 14.9. The van der Waals surface area contributed by atoms with Gasteiger partial charge in [0.2, 0.25) is 5.91 Å². The fraction of sp³-hybridized carbons (Fsp3) is 0.278. The maximum atomic E-state index is 12.2. The topological polar surface area (TPSA) is 82.2 Å². The standard InChI is InChI=1S/C18H20N4O3S/c1-4-24-14-7-5-13(6-8-14)19-16(23)11-26-18-21-20-17(22(18)3)15-9-10-25-12(15)2/h5-10H,4,11H2,1-3H3,(H,19,23). The van der Waals surface area contributed by atoms with Crippen molar-refractivity contribution in [2.75, 3.05) is 17.7 Å². The third-order valence-corrected chi connectivity index (χ3v) is 4.74. The molecule has 1 N–H and O–H groups in total. The first-order valence-corrected chi connectivity index (χ1v) is 9.16. The van der Waals surface area contributed by atoms with Crippen LogP contribution < -0.4 is 10.1 Å². The van der Waals surface area contributed by atoms with E-state index in [0.717, 1.165) is 22.8 Å². The fourth-order valence-corrected chi connectivity index (χ4v) is 3.13. The van der Waals surface area contributed by atoms with Crippen LogP contribution in [0.1, 0.15) is 12.7 Å². The van der Waals surface area contributed by atoms with Crippen LogP contribution in [0.25, 0.3) is 11.4 Å². The van der Waals surface area contributed by atoms with Crippen molar-refractivity contribution >= 4 is 23.4 Å². The number of carbonyl (C=O) groups excluding carboxylic acids is 1. The minimum Gasteiger partial charge on any atom is -0.494 e. The van der Waals surface area contributed by atoms with Crippen LogP contribution in [0.3, 0.4) is 0 Å². The molecule has 26 heavy (non-hydrogen) atoms. The highest BCUT2D eigenvalue weighted by Gasteiger charge is 2.15. The number of aromatic nitrogens is 3. The molecule has 0 atom stereocenters. The van der Waals surface area contributed by atoms with Crippen LogP contribution in [0, 0.1) is 6.92 Å². The number of nitrogens with one attached hydrogen (secondary N) is 1. The van der Waals surface area contributed by atoms with Gasteiger partial charge < -0.3 is 19.0 Å². The van der Waals surface area contributed by atoms with Crippen molar-refractivity contribution < 1.29 is 13.9 Å². The van der Waals surface area contributed by atoms with E-state index in [1.807, 2.05) is 55.8 Å². The number of ether oxygens (including phenoxy) is 1. The molecule has 0 saturated heterocycles. The first-order valence-electron chi connectivity index (χ1n) is 8.18. The number of thioether (sulfide) groups is 1. The normalized spacial score (nSPS) is 10.7. The van der Waals surface area contributed by atoms with Crippen LogP contribution in [0.15, 0.2) is 46.2 Å². The third kappa shape index (κ3) is 4.08. The molecule has 1 amide bonds. The van der Waals surface area contributed by atoms with E-state index in [9.17, 15) is 4.79 Å². The number of hydrogen-bond acceptors (Lipinski definition) is 6. The van der Waals surface area contributed by atoms with Gasteiger partial charge in [-0.05, 0) is 44.2 Å². The number of aryl methyl sites for hydroxylation is 1. The van der Waals surface area contributed by atoms with Crippen LogP contribution >= 0.6 is 11.8 Å². The summed E-state index contributed by atoms with van der Waals surface area (Å²) in [4.78, 5) is 12.2. The molecule has 2 heterocycles. The molecule has 0 spiro atoms. The van der Waals surface area contributed by atoms with E-state index in [1.165, 1.54) is 11.8 Å². The van der Waals surface area contributed by atoms with Gasteiger partial charge in [-0.3, -0.25) is 4.79 Å². The second-order valence-corrected chi connectivity index (χ2v) is 6.49. The van der Waals surface area contributed by atoms with Crippen molar-refractivity contribution in [3.63, 3.8) is 0 Å². The molecule has 0 aliphatic rings. The molecule has 0 fully saturated rings. The van der Waals surface area contributed by atoms with Gasteiger partial charge in [0.05, 0.1) is 24.2 Å². The lowest BCUT2D eigenvalue weighted by Gasteiger charge is -2.07. The second-order valence-electron chi connectivity index (χ2n) is 5.55. The Morgan fingerprint density at radius 1 is 1.27 bits per heavy atom. The average Bonchev–Trinajstić information content (AvgIpc) is 3.20. The summed E-state index contributed by atoms with van der Waals surface area (Å²) in [7, 11) is 1.87. The van der Waals surface area contributed by atoms with E-state index >= 15 is 0 Å². The number of anilines is 1. The summed E-state index contributed by atoms with van der Waals surface area (Å²) in [6.07, 6.45) is 1.62. The van der Waals surface area contributed by atoms with Gasteiger partial charge in [0, 0.05) is 12.7 Å². The summed E-state index contributed by atoms with van der Waals surface area (Å²) < 4.78 is 12.5. The van der Waals surface area contributed by atoms with Crippen molar-refractivity contribution in [3.8, 4) is 17.1 Å². The number of rotatable bonds is 7. The second kappa shape index (κ2) is 8.09. The Morgan fingerprint density at radius 2 is 2.04 bits per heavy atom. The Bertz CT molecular complexity index is 886. The first kappa shape index (κ1) is 18.1. The van der Waals surface area contributed by atoms with Crippen molar-refractivity contribution in [2.24, 2.45) is 7.05 Å². The van der Waals surface area contributed by atoms with Crippen LogP contribution in [0.2, 0.25) is 0 Å². The fourth-order valence-electron chi connectivity index (χ4n) is 2.42. The van der Waals surface area contributed by atoms with Gasteiger partial charge in [0.1, 0.15) is 11.5 Å². The Hall–Kier alpha value is -2.74. The SMILES string of the molecule is CCOc1ccc(NC(=O)CSc2nnc(-c3ccoc3C)n2C)cc1. The Morgan fingerprint density at radius 3 is 2.69 bits per heavy atom. The summed E-state index contributed by atoms with van der Waals surface area (Å²) in [5.41, 5.74) is 1.62. The molecule has 3 rings (SSSR count). The monoisotopic (exact) mass is 372 g/mol. The van der Waals surface area contributed by atoms with E-state index in [0.29, 0.717) is 17.6 Å². The molecule has 136 valence electrons. The predicted molar refractivity (Wildman–Crippen MR) is 100 cm³/mol. The quantitative estimate of drug-likeness (QED) is 0.639. The van der Waals surface area contributed by atoms with Crippen LogP contribution in [-0.4, -0.2) is 33.0 Å². The van der Waals surface area contributed by atoms with Gasteiger partial charge >= 0.3 is 0 Å². The molecule has 7 nitrogen and oxygen atoms in total. The van der Waals surface area contributed by atoms with Gasteiger partial charge in [-0.25, -0.2) is 0 Å². The molecule has 0 aliphatic carbocycles. The summed E-state index contributed by atoms with van der Waals surface area (Å²) in [5.74, 6) is 2.41. The minimum atomic E-state index is -0.108. The zero-order chi connectivity index (χ0) is 18.5. The highest BCUT2D eigenvalue weighted by molar-refractivity contribution is 7.99. The van der Waals surface area contributed by atoms with E-state index in [2.05, 4.69) is 15.5 Å². The van der Waals surface area contributed by atoms with Crippen molar-refractivity contribution in [2.45, 2.75) is 19.0 Å². The molecule has 3 aromatic rings. The van der Waals surface area contributed by atoms with Crippen molar-refractivity contribution in [1.29, 1.82) is 0 Å². The molecule has 2 aromatic heterocycles. The predicted octanol–water partition coefficient (Wildman–Crippen LogP) is 3.51. The molecular weight excluding hydrogens is 352 g/mol. The van der Waals surface area contributed by atoms with E-state index in [4.69, 9.17) is 9.15 Å². The van der Waals surface area contributed by atoms with E-state index in [1.54, 1.807) is 6.26 Å². The van der Waals surface area contributed by atoms with Gasteiger partial charge in [-0.1, -0.05) is 11.8 Å². The summed E-state index contributed by atoms with van der Waals surface area (Å²) in [6.45, 7) is 4.42. The summed E-state index contributed by atoms with van der Waals surface area (Å²) >= 11 is 1.33. The van der Waals surface area contributed by atoms with Gasteiger partial charge in [0.15, 0.2) is 11.0 Å². The lowest BCUT2D eigenvalue weighted by molar-refractivity contribution is -0.113. The van der Waals surface area contributed by atoms with Crippen molar-refractivity contribution in [1.82, 2.24) is 14.8 Å². The van der Waals surface area contributed by atoms with E-state index < -0.39 is 0 Å². The maximum absolute atomic E-state index is 12.2. The van der Waals surface area contributed by atoms with E-state index in [-0.39, 0.29) is 11.7 Å². The Labute approximate surface area is 155 Å². The molecule has 0 unspecified atom stereocenters. The molecule has 1 aromatic carbocycles. The molecule has 8 heteroatoms. The average molecular weight is 372 g/mol. The molecule has 0 aliphatic heterocycles. The number of hydrogen-bond donors (Lipinski definition) is 1. The minimum absolute atomic E-state index is 0.108. The summed E-state index contributed by atoms with van der Waals surface area (Å²) in [5, 5.41) is 11.9. The highest BCUT2D eigenvalue weighted by atomic mass is 32.2. The molecule has 0 radical (unpaired) electrons. The largest absolute Gasteiger partial charge is 0.494 e. The number of furan rings is 1. The summed E-state index contributed by atoms with van der Waals surface area (Å²) in [6, 6.07) is 9.14. The smallest absolute Gasteiger partial charge is 0.234 e. The molecular formula is C18H20N4O3S. The lowest BCUT2D eigenvalue weighted by atomic mass is 10.2. The highest BCUT2D eigenvalue weighted by Crippen LogP contribution is 2.26. The Kier molecular flexibility index (Phi) is 5.62. The van der Waals surface area contributed by atoms with Gasteiger partial charge in [-0.2, -0.15) is 0 Å². The van der Waals surface area contributed by atoms with Gasteiger partial charge in [-0.15, -0.1) is 10.2 Å². The van der Waals surface area contributed by atoms with Gasteiger partial charge in [0.25, 0.3) is 0 Å². The van der Waals surface area contributed by atoms with Crippen LogP contribution in [0.4, 0.5) is 5.69 Å². The lowest BCUT2D eigenvalue weighted by Crippen LogP contribution is -2.14. The number of nitrogens with zero attached hydrogens (tertiary/aromatic N) is 3. The third-order valence-electron chi connectivity index (χ3n) is 3.72. The number of benzene rings is 1.